The molecule has 2 nitrogen and oxygen atoms in total. The minimum absolute atomic E-state index is 0.651. The van der Waals surface area contributed by atoms with Crippen LogP contribution in [-0.2, 0) is 19.4 Å². The first-order valence-electron chi connectivity index (χ1n) is 7.09. The summed E-state index contributed by atoms with van der Waals surface area (Å²) in [6.45, 7) is 2.59. The van der Waals surface area contributed by atoms with E-state index in [4.69, 9.17) is 17.3 Å². The van der Waals surface area contributed by atoms with E-state index in [1.807, 2.05) is 12.1 Å². The average molecular weight is 287 g/mol. The van der Waals surface area contributed by atoms with Crippen LogP contribution in [-0.4, -0.2) is 13.1 Å². The zero-order valence-corrected chi connectivity index (χ0v) is 12.2. The molecule has 0 amide bonds. The van der Waals surface area contributed by atoms with Crippen LogP contribution in [0.1, 0.15) is 16.7 Å². The molecule has 3 rings (SSSR count). The van der Waals surface area contributed by atoms with Gasteiger partial charge in [-0.05, 0) is 42.1 Å². The lowest BCUT2D eigenvalue weighted by atomic mass is 9.98. The summed E-state index contributed by atoms with van der Waals surface area (Å²) in [5.41, 5.74) is 11.0. The van der Waals surface area contributed by atoms with Gasteiger partial charge in [0.25, 0.3) is 0 Å². The molecule has 2 N–H and O–H groups in total. The van der Waals surface area contributed by atoms with E-state index in [-0.39, 0.29) is 0 Å². The molecular formula is C17H19ClN2. The van der Waals surface area contributed by atoms with Gasteiger partial charge in [-0.25, -0.2) is 0 Å². The lowest BCUT2D eigenvalue weighted by Gasteiger charge is -2.33. The van der Waals surface area contributed by atoms with Crippen molar-refractivity contribution >= 4 is 17.3 Å². The highest BCUT2D eigenvalue weighted by Crippen LogP contribution is 2.33. The molecule has 0 saturated heterocycles. The standard InChI is InChI=1S/C17H19ClN2/c18-16-7-3-6-14(8-10-19)17(16)20-11-9-13-4-1-2-5-15(13)12-20/h1-7H,8-12,19H2. The fraction of sp³-hybridized carbons (Fsp3) is 0.294. The zero-order valence-electron chi connectivity index (χ0n) is 11.5. The Hall–Kier alpha value is -1.51. The summed E-state index contributed by atoms with van der Waals surface area (Å²) in [7, 11) is 0. The minimum atomic E-state index is 0.651. The number of benzene rings is 2. The van der Waals surface area contributed by atoms with Gasteiger partial charge in [0.1, 0.15) is 0 Å². The van der Waals surface area contributed by atoms with E-state index >= 15 is 0 Å². The minimum Gasteiger partial charge on any atom is -0.365 e. The van der Waals surface area contributed by atoms with Crippen molar-refractivity contribution < 1.29 is 0 Å². The summed E-state index contributed by atoms with van der Waals surface area (Å²) in [5.74, 6) is 0. The number of nitrogens with zero attached hydrogens (tertiary/aromatic N) is 1. The van der Waals surface area contributed by atoms with Crippen LogP contribution in [0, 0.1) is 0 Å². The van der Waals surface area contributed by atoms with Gasteiger partial charge in [0.15, 0.2) is 0 Å². The summed E-state index contributed by atoms with van der Waals surface area (Å²) >= 11 is 6.44. The Morgan fingerprint density at radius 3 is 2.65 bits per heavy atom. The first-order chi connectivity index (χ1) is 9.79. The Balaban J connectivity index is 1.95. The molecule has 1 aliphatic heterocycles. The normalized spacial score (nSPS) is 14.2. The fourth-order valence-corrected chi connectivity index (χ4v) is 3.27. The number of anilines is 1. The molecule has 0 saturated carbocycles. The van der Waals surface area contributed by atoms with Crippen molar-refractivity contribution in [1.82, 2.24) is 0 Å². The highest BCUT2D eigenvalue weighted by atomic mass is 35.5. The van der Waals surface area contributed by atoms with E-state index in [0.717, 1.165) is 36.6 Å². The molecule has 0 aromatic heterocycles. The van der Waals surface area contributed by atoms with Crippen molar-refractivity contribution in [3.05, 3.63) is 64.2 Å². The van der Waals surface area contributed by atoms with E-state index in [1.165, 1.54) is 16.7 Å². The van der Waals surface area contributed by atoms with Gasteiger partial charge in [0, 0.05) is 13.1 Å². The SMILES string of the molecule is NCCc1cccc(Cl)c1N1CCc2ccccc2C1. The third-order valence-corrected chi connectivity index (χ3v) is 4.24. The second-order valence-electron chi connectivity index (χ2n) is 5.23. The van der Waals surface area contributed by atoms with Crippen molar-refractivity contribution in [1.29, 1.82) is 0 Å². The van der Waals surface area contributed by atoms with Crippen molar-refractivity contribution in [3.8, 4) is 0 Å². The van der Waals surface area contributed by atoms with Crippen LogP contribution in [0.3, 0.4) is 0 Å². The molecule has 0 bridgehead atoms. The molecule has 0 atom stereocenters. The first-order valence-corrected chi connectivity index (χ1v) is 7.46. The first kappa shape index (κ1) is 13.5. The molecule has 0 fully saturated rings. The second-order valence-corrected chi connectivity index (χ2v) is 5.63. The maximum Gasteiger partial charge on any atom is 0.0642 e. The fourth-order valence-electron chi connectivity index (χ4n) is 2.96. The summed E-state index contributed by atoms with van der Waals surface area (Å²) in [4.78, 5) is 2.38. The van der Waals surface area contributed by atoms with Gasteiger partial charge in [0.05, 0.1) is 10.7 Å². The number of fused-ring (bicyclic) bond motifs is 1. The Morgan fingerprint density at radius 2 is 1.85 bits per heavy atom. The molecule has 3 heteroatoms. The molecule has 1 heterocycles. The summed E-state index contributed by atoms with van der Waals surface area (Å²) in [5, 5.41) is 0.829. The van der Waals surface area contributed by atoms with Crippen molar-refractivity contribution in [3.63, 3.8) is 0 Å². The largest absolute Gasteiger partial charge is 0.365 e. The van der Waals surface area contributed by atoms with Crippen LogP contribution in [0.2, 0.25) is 5.02 Å². The predicted molar refractivity (Wildman–Crippen MR) is 85.4 cm³/mol. The number of rotatable bonds is 3. The molecule has 104 valence electrons. The van der Waals surface area contributed by atoms with Crippen LogP contribution >= 0.6 is 11.6 Å². The molecule has 0 spiro atoms. The van der Waals surface area contributed by atoms with Gasteiger partial charge < -0.3 is 10.6 Å². The summed E-state index contributed by atoms with van der Waals surface area (Å²) in [6.07, 6.45) is 1.94. The van der Waals surface area contributed by atoms with Crippen LogP contribution in [0.15, 0.2) is 42.5 Å². The van der Waals surface area contributed by atoms with E-state index in [9.17, 15) is 0 Å². The molecule has 1 aliphatic rings. The highest BCUT2D eigenvalue weighted by molar-refractivity contribution is 6.33. The van der Waals surface area contributed by atoms with E-state index in [0.29, 0.717) is 6.54 Å². The summed E-state index contributed by atoms with van der Waals surface area (Å²) < 4.78 is 0. The van der Waals surface area contributed by atoms with E-state index in [1.54, 1.807) is 0 Å². The van der Waals surface area contributed by atoms with Gasteiger partial charge in [-0.15, -0.1) is 0 Å². The van der Waals surface area contributed by atoms with E-state index in [2.05, 4.69) is 35.2 Å². The molecule has 2 aromatic carbocycles. The lowest BCUT2D eigenvalue weighted by Crippen LogP contribution is -2.31. The van der Waals surface area contributed by atoms with Crippen molar-refractivity contribution in [2.45, 2.75) is 19.4 Å². The maximum atomic E-state index is 6.44. The Labute approximate surface area is 125 Å². The number of hydrogen-bond donors (Lipinski definition) is 1. The number of nitrogens with two attached hydrogens (primary N) is 1. The zero-order chi connectivity index (χ0) is 13.9. The van der Waals surface area contributed by atoms with Gasteiger partial charge in [-0.1, -0.05) is 48.0 Å². The second kappa shape index (κ2) is 5.86. The van der Waals surface area contributed by atoms with Crippen molar-refractivity contribution in [2.75, 3.05) is 18.0 Å². The van der Waals surface area contributed by atoms with Crippen LogP contribution in [0.25, 0.3) is 0 Å². The third kappa shape index (κ3) is 2.54. The third-order valence-electron chi connectivity index (χ3n) is 3.93. The van der Waals surface area contributed by atoms with Gasteiger partial charge >= 0.3 is 0 Å². The molecule has 0 aliphatic carbocycles. The maximum absolute atomic E-state index is 6.44. The molecular weight excluding hydrogens is 268 g/mol. The molecule has 0 unspecified atom stereocenters. The van der Waals surface area contributed by atoms with Crippen LogP contribution < -0.4 is 10.6 Å². The van der Waals surface area contributed by atoms with Crippen LogP contribution in [0.5, 0.6) is 0 Å². The smallest absolute Gasteiger partial charge is 0.0642 e. The lowest BCUT2D eigenvalue weighted by molar-refractivity contribution is 0.726. The Bertz CT molecular complexity index is 610. The molecule has 20 heavy (non-hydrogen) atoms. The predicted octanol–water partition coefficient (Wildman–Crippen LogP) is 3.40. The monoisotopic (exact) mass is 286 g/mol. The van der Waals surface area contributed by atoms with Crippen LogP contribution in [0.4, 0.5) is 5.69 Å². The average Bonchev–Trinajstić information content (AvgIpc) is 2.47. The van der Waals surface area contributed by atoms with Gasteiger partial charge in [-0.2, -0.15) is 0 Å². The molecule has 0 radical (unpaired) electrons. The quantitative estimate of drug-likeness (QED) is 0.937. The summed E-state index contributed by atoms with van der Waals surface area (Å²) in [6, 6.07) is 14.8. The van der Waals surface area contributed by atoms with Gasteiger partial charge in [-0.3, -0.25) is 0 Å². The topological polar surface area (TPSA) is 29.3 Å². The number of para-hydroxylation sites is 1. The van der Waals surface area contributed by atoms with Gasteiger partial charge in [0.2, 0.25) is 0 Å². The Morgan fingerprint density at radius 1 is 1.05 bits per heavy atom. The molecule has 2 aromatic rings. The van der Waals surface area contributed by atoms with Crippen molar-refractivity contribution in [2.24, 2.45) is 5.73 Å². The number of halogens is 1. The Kier molecular flexibility index (Phi) is 3.95. The van der Waals surface area contributed by atoms with E-state index < -0.39 is 0 Å². The highest BCUT2D eigenvalue weighted by Gasteiger charge is 2.20. The number of hydrogen-bond acceptors (Lipinski definition) is 2.